The Morgan fingerprint density at radius 3 is 2.47 bits per heavy atom. The number of benzene rings is 1. The highest BCUT2D eigenvalue weighted by molar-refractivity contribution is 5.39. The molecule has 0 amide bonds. The van der Waals surface area contributed by atoms with Crippen LogP contribution >= 0.6 is 0 Å². The lowest BCUT2D eigenvalue weighted by Gasteiger charge is -2.24. The van der Waals surface area contributed by atoms with Gasteiger partial charge < -0.3 is 15.4 Å². The molecule has 0 fully saturated rings. The number of hydrogen-bond acceptors (Lipinski definition) is 3. The van der Waals surface area contributed by atoms with Gasteiger partial charge in [0.2, 0.25) is 0 Å². The molecule has 0 aromatic heterocycles. The van der Waals surface area contributed by atoms with Gasteiger partial charge >= 0.3 is 0 Å². The number of methoxy groups -OCH3 is 1. The van der Waals surface area contributed by atoms with E-state index in [9.17, 15) is 0 Å². The summed E-state index contributed by atoms with van der Waals surface area (Å²) in [4.78, 5) is 0. The second-order valence-corrected chi connectivity index (χ2v) is 5.97. The van der Waals surface area contributed by atoms with Gasteiger partial charge in [-0.2, -0.15) is 0 Å². The summed E-state index contributed by atoms with van der Waals surface area (Å²) in [6.45, 7) is 10.6. The maximum atomic E-state index is 5.41. The van der Waals surface area contributed by atoms with Gasteiger partial charge in [0.15, 0.2) is 0 Å². The van der Waals surface area contributed by atoms with Crippen LogP contribution in [0.3, 0.4) is 0 Å². The Morgan fingerprint density at radius 2 is 1.95 bits per heavy atom. The predicted molar refractivity (Wildman–Crippen MR) is 81.9 cm³/mol. The van der Waals surface area contributed by atoms with Crippen molar-refractivity contribution in [1.29, 1.82) is 0 Å². The number of nitrogens with one attached hydrogen (secondary N) is 2. The molecule has 0 aliphatic carbocycles. The van der Waals surface area contributed by atoms with Gasteiger partial charge in [-0.05, 0) is 44.0 Å². The van der Waals surface area contributed by atoms with Gasteiger partial charge in [-0.3, -0.25) is 0 Å². The van der Waals surface area contributed by atoms with Crippen LogP contribution in [0.2, 0.25) is 0 Å². The molecule has 0 unspecified atom stereocenters. The lowest BCUT2D eigenvalue weighted by molar-refractivity contribution is 0.392. The van der Waals surface area contributed by atoms with E-state index >= 15 is 0 Å². The minimum Gasteiger partial charge on any atom is -0.496 e. The van der Waals surface area contributed by atoms with Crippen LogP contribution in [0.1, 0.15) is 44.7 Å². The van der Waals surface area contributed by atoms with Crippen molar-refractivity contribution in [2.75, 3.05) is 20.7 Å². The first-order valence-electron chi connectivity index (χ1n) is 6.96. The maximum Gasteiger partial charge on any atom is 0.122 e. The van der Waals surface area contributed by atoms with E-state index in [1.165, 1.54) is 11.1 Å². The monoisotopic (exact) mass is 264 g/mol. The molecule has 0 aliphatic heterocycles. The van der Waals surface area contributed by atoms with Crippen molar-refractivity contribution < 1.29 is 4.74 Å². The van der Waals surface area contributed by atoms with Crippen LogP contribution in [0, 0.1) is 0 Å². The van der Waals surface area contributed by atoms with E-state index in [0.717, 1.165) is 18.8 Å². The van der Waals surface area contributed by atoms with E-state index in [-0.39, 0.29) is 5.54 Å². The number of rotatable bonds is 7. The highest BCUT2D eigenvalue weighted by atomic mass is 16.5. The second-order valence-electron chi connectivity index (χ2n) is 5.97. The average Bonchev–Trinajstić information content (AvgIpc) is 2.38. The summed E-state index contributed by atoms with van der Waals surface area (Å²) in [5.41, 5.74) is 2.69. The Morgan fingerprint density at radius 1 is 1.26 bits per heavy atom. The summed E-state index contributed by atoms with van der Waals surface area (Å²) in [6, 6.07) is 6.43. The molecule has 3 nitrogen and oxygen atoms in total. The SMILES string of the molecule is CNC(C)(C)CNCc1ccc(OC)c(C(C)C)c1. The molecule has 1 aromatic carbocycles. The standard InChI is InChI=1S/C16H28N2O/c1-12(2)14-9-13(7-8-15(14)19-6)10-18-11-16(3,4)17-5/h7-9,12,17-18H,10-11H2,1-6H3. The van der Waals surface area contributed by atoms with Crippen LogP contribution in [0.15, 0.2) is 18.2 Å². The topological polar surface area (TPSA) is 33.3 Å². The molecule has 0 radical (unpaired) electrons. The van der Waals surface area contributed by atoms with Gasteiger partial charge in [0.05, 0.1) is 7.11 Å². The Bertz CT molecular complexity index is 400. The Balaban J connectivity index is 2.67. The summed E-state index contributed by atoms with van der Waals surface area (Å²) in [5, 5.41) is 6.79. The highest BCUT2D eigenvalue weighted by Gasteiger charge is 2.14. The zero-order chi connectivity index (χ0) is 14.5. The number of ether oxygens (including phenoxy) is 1. The highest BCUT2D eigenvalue weighted by Crippen LogP contribution is 2.27. The molecule has 0 saturated heterocycles. The van der Waals surface area contributed by atoms with Gasteiger partial charge in [0, 0.05) is 18.6 Å². The Hall–Kier alpha value is -1.06. The lowest BCUT2D eigenvalue weighted by atomic mass is 9.99. The summed E-state index contributed by atoms with van der Waals surface area (Å²) in [7, 11) is 3.72. The van der Waals surface area contributed by atoms with E-state index in [4.69, 9.17) is 4.74 Å². The minimum atomic E-state index is 0.118. The van der Waals surface area contributed by atoms with Crippen LogP contribution in [-0.2, 0) is 6.54 Å². The Kier molecular flexibility index (Phi) is 5.83. The zero-order valence-corrected chi connectivity index (χ0v) is 13.1. The van der Waals surface area contributed by atoms with E-state index in [1.807, 2.05) is 7.05 Å². The van der Waals surface area contributed by atoms with Crippen LogP contribution in [0.5, 0.6) is 5.75 Å². The molecule has 108 valence electrons. The molecule has 0 atom stereocenters. The lowest BCUT2D eigenvalue weighted by Crippen LogP contribution is -2.45. The normalized spacial score (nSPS) is 11.9. The van der Waals surface area contributed by atoms with Gasteiger partial charge in [0.25, 0.3) is 0 Å². The fourth-order valence-corrected chi connectivity index (χ4v) is 1.95. The van der Waals surface area contributed by atoms with Gasteiger partial charge in [0.1, 0.15) is 5.75 Å². The smallest absolute Gasteiger partial charge is 0.122 e. The zero-order valence-electron chi connectivity index (χ0n) is 13.1. The first kappa shape index (κ1) is 16.0. The van der Waals surface area contributed by atoms with Crippen molar-refractivity contribution in [3.05, 3.63) is 29.3 Å². The van der Waals surface area contributed by atoms with Gasteiger partial charge in [-0.1, -0.05) is 26.0 Å². The minimum absolute atomic E-state index is 0.118. The second kappa shape index (κ2) is 6.92. The molecule has 0 aliphatic rings. The van der Waals surface area contributed by atoms with E-state index in [1.54, 1.807) is 7.11 Å². The number of likely N-dealkylation sites (N-methyl/N-ethyl adjacent to an activating group) is 1. The number of hydrogen-bond donors (Lipinski definition) is 2. The van der Waals surface area contributed by atoms with Crippen LogP contribution < -0.4 is 15.4 Å². The first-order chi connectivity index (χ1) is 8.89. The molecule has 1 rings (SSSR count). The Labute approximate surface area is 117 Å². The molecule has 0 heterocycles. The summed E-state index contributed by atoms with van der Waals surface area (Å²) >= 11 is 0. The molecular formula is C16H28N2O. The van der Waals surface area contributed by atoms with Crippen molar-refractivity contribution in [3.63, 3.8) is 0 Å². The molecule has 0 saturated carbocycles. The van der Waals surface area contributed by atoms with Crippen LogP contribution in [-0.4, -0.2) is 26.2 Å². The fraction of sp³-hybridized carbons (Fsp3) is 0.625. The molecule has 3 heteroatoms. The molecule has 1 aromatic rings. The third kappa shape index (κ3) is 4.84. The third-order valence-electron chi connectivity index (χ3n) is 3.49. The molecule has 0 bridgehead atoms. The van der Waals surface area contributed by atoms with Crippen molar-refractivity contribution >= 4 is 0 Å². The van der Waals surface area contributed by atoms with Gasteiger partial charge in [-0.15, -0.1) is 0 Å². The molecular weight excluding hydrogens is 236 g/mol. The predicted octanol–water partition coefficient (Wildman–Crippen LogP) is 2.91. The van der Waals surface area contributed by atoms with E-state index < -0.39 is 0 Å². The molecule has 2 N–H and O–H groups in total. The molecule has 19 heavy (non-hydrogen) atoms. The maximum absolute atomic E-state index is 5.41. The van der Waals surface area contributed by atoms with Crippen LogP contribution in [0.4, 0.5) is 0 Å². The summed E-state index contributed by atoms with van der Waals surface area (Å²) in [5.74, 6) is 1.46. The largest absolute Gasteiger partial charge is 0.496 e. The van der Waals surface area contributed by atoms with Crippen molar-refractivity contribution in [3.8, 4) is 5.75 Å². The van der Waals surface area contributed by atoms with E-state index in [2.05, 4.69) is 56.5 Å². The quantitative estimate of drug-likeness (QED) is 0.794. The summed E-state index contributed by atoms with van der Waals surface area (Å²) < 4.78 is 5.41. The average molecular weight is 264 g/mol. The summed E-state index contributed by atoms with van der Waals surface area (Å²) in [6.07, 6.45) is 0. The van der Waals surface area contributed by atoms with Crippen molar-refractivity contribution in [2.45, 2.75) is 45.7 Å². The fourth-order valence-electron chi connectivity index (χ4n) is 1.95. The third-order valence-corrected chi connectivity index (χ3v) is 3.49. The van der Waals surface area contributed by atoms with E-state index in [0.29, 0.717) is 5.92 Å². The van der Waals surface area contributed by atoms with Crippen molar-refractivity contribution in [1.82, 2.24) is 10.6 Å². The molecule has 0 spiro atoms. The first-order valence-corrected chi connectivity index (χ1v) is 6.96. The van der Waals surface area contributed by atoms with Crippen LogP contribution in [0.25, 0.3) is 0 Å². The van der Waals surface area contributed by atoms with Gasteiger partial charge in [-0.25, -0.2) is 0 Å². The van der Waals surface area contributed by atoms with Crippen molar-refractivity contribution in [2.24, 2.45) is 0 Å².